The minimum Gasteiger partial charge on any atom is -0.467 e. The van der Waals surface area contributed by atoms with Crippen molar-refractivity contribution in [2.45, 2.75) is 12.5 Å². The number of aldehydes is 1. The number of thioether (sulfide) groups is 1. The van der Waals surface area contributed by atoms with Gasteiger partial charge in [-0.1, -0.05) is 30.3 Å². The molecule has 0 heterocycles. The van der Waals surface area contributed by atoms with Gasteiger partial charge in [0.2, 0.25) is 5.39 Å². The highest BCUT2D eigenvalue weighted by atomic mass is 32.2. The maximum atomic E-state index is 13.0. The van der Waals surface area contributed by atoms with Crippen LogP contribution in [0, 0.1) is 5.39 Å². The molecule has 0 aliphatic heterocycles. The van der Waals surface area contributed by atoms with Crippen LogP contribution in [0.2, 0.25) is 0 Å². The van der Waals surface area contributed by atoms with E-state index in [1.165, 1.54) is 19.2 Å². The first-order chi connectivity index (χ1) is 13.6. The Labute approximate surface area is 167 Å². The van der Waals surface area contributed by atoms with E-state index in [0.29, 0.717) is 29.6 Å². The zero-order valence-electron chi connectivity index (χ0n) is 15.5. The average Bonchev–Trinajstić information content (AvgIpc) is 2.75. The summed E-state index contributed by atoms with van der Waals surface area (Å²) >= 11 is 1.55. The van der Waals surface area contributed by atoms with Crippen LogP contribution in [-0.4, -0.2) is 43.3 Å². The second kappa shape index (κ2) is 10.2. The molecule has 0 aromatic heterocycles. The molecule has 1 amide bonds. The summed E-state index contributed by atoms with van der Waals surface area (Å²) in [5, 5.41) is 11.9. The summed E-state index contributed by atoms with van der Waals surface area (Å²) in [7, 11) is 1.26. The highest BCUT2D eigenvalue weighted by molar-refractivity contribution is 7.98. The van der Waals surface area contributed by atoms with Crippen LogP contribution in [0.15, 0.2) is 42.5 Å². The number of diazo groups is 1. The summed E-state index contributed by atoms with van der Waals surface area (Å²) in [6.45, 7) is 0. The molecule has 0 unspecified atom stereocenters. The highest BCUT2D eigenvalue weighted by Gasteiger charge is 2.28. The molecule has 0 bridgehead atoms. The summed E-state index contributed by atoms with van der Waals surface area (Å²) in [5.41, 5.74) is 1.27. The molecular formula is C20H20N3O4S+. The molecule has 2 rings (SSSR count). The van der Waals surface area contributed by atoms with Crippen LogP contribution in [0.25, 0.3) is 16.1 Å². The van der Waals surface area contributed by atoms with Gasteiger partial charge in [-0.05, 0) is 30.1 Å². The van der Waals surface area contributed by atoms with Crippen molar-refractivity contribution >= 4 is 35.6 Å². The number of amides is 1. The van der Waals surface area contributed by atoms with Gasteiger partial charge in [0.1, 0.15) is 11.6 Å². The maximum Gasteiger partial charge on any atom is 0.396 e. The first kappa shape index (κ1) is 21.1. The quantitative estimate of drug-likeness (QED) is 0.414. The van der Waals surface area contributed by atoms with E-state index in [4.69, 9.17) is 4.74 Å². The molecule has 2 aromatic carbocycles. The van der Waals surface area contributed by atoms with Crippen molar-refractivity contribution in [3.8, 4) is 11.1 Å². The molecule has 0 fully saturated rings. The standard InChI is InChI=1S/C20H19N3O4S/c1-27-20(26)17(10-11-28-2)22-19(25)14-8-9-16(23-21)15(12-24)18(14)13-6-4-3-5-7-13/h3-9,12,17H,10-11H2,1-2H3/p+1/t17-/m0/s1. The van der Waals surface area contributed by atoms with Crippen LogP contribution in [0.4, 0.5) is 5.69 Å². The summed E-state index contributed by atoms with van der Waals surface area (Å²) in [6, 6.07) is 10.9. The van der Waals surface area contributed by atoms with Gasteiger partial charge in [0.15, 0.2) is 11.3 Å². The number of benzene rings is 2. The molecule has 144 valence electrons. The Bertz CT molecular complexity index is 910. The van der Waals surface area contributed by atoms with E-state index in [1.807, 2.05) is 6.26 Å². The normalized spacial score (nSPS) is 11.2. The van der Waals surface area contributed by atoms with Crippen LogP contribution >= 0.6 is 11.8 Å². The molecule has 1 atom stereocenters. The molecule has 28 heavy (non-hydrogen) atoms. The van der Waals surface area contributed by atoms with Gasteiger partial charge in [0.05, 0.1) is 7.11 Å². The molecule has 0 saturated heterocycles. The molecule has 1 N–H and O–H groups in total. The molecule has 0 aliphatic rings. The first-order valence-electron chi connectivity index (χ1n) is 8.47. The number of esters is 1. The lowest BCUT2D eigenvalue weighted by Gasteiger charge is -2.17. The van der Waals surface area contributed by atoms with Crippen molar-refractivity contribution < 1.29 is 19.1 Å². The topological polar surface area (TPSA) is 101 Å². The third-order valence-electron chi connectivity index (χ3n) is 4.16. The fourth-order valence-electron chi connectivity index (χ4n) is 2.78. The zero-order chi connectivity index (χ0) is 20.5. The van der Waals surface area contributed by atoms with Crippen LogP contribution in [0.1, 0.15) is 27.1 Å². The monoisotopic (exact) mass is 398 g/mol. The van der Waals surface area contributed by atoms with Gasteiger partial charge in [0, 0.05) is 17.2 Å². The molecular weight excluding hydrogens is 378 g/mol. The summed E-state index contributed by atoms with van der Waals surface area (Å²) in [5.74, 6) is -0.405. The van der Waals surface area contributed by atoms with E-state index in [0.717, 1.165) is 0 Å². The Balaban J connectivity index is 2.52. The van der Waals surface area contributed by atoms with Crippen LogP contribution in [-0.2, 0) is 9.53 Å². The fourth-order valence-corrected chi connectivity index (χ4v) is 3.25. The van der Waals surface area contributed by atoms with Crippen molar-refractivity contribution in [2.75, 3.05) is 19.1 Å². The lowest BCUT2D eigenvalue weighted by Crippen LogP contribution is -2.42. The second-order valence-corrected chi connectivity index (χ2v) is 6.82. The summed E-state index contributed by atoms with van der Waals surface area (Å²) < 4.78 is 4.78. The van der Waals surface area contributed by atoms with E-state index in [1.54, 1.807) is 42.1 Å². The number of hydrogen-bond acceptors (Lipinski definition) is 6. The van der Waals surface area contributed by atoms with Crippen molar-refractivity contribution in [2.24, 2.45) is 0 Å². The highest BCUT2D eigenvalue weighted by Crippen LogP contribution is 2.33. The third-order valence-corrected chi connectivity index (χ3v) is 4.80. The molecule has 0 spiro atoms. The van der Waals surface area contributed by atoms with E-state index < -0.39 is 17.9 Å². The van der Waals surface area contributed by atoms with Crippen LogP contribution in [0.5, 0.6) is 0 Å². The van der Waals surface area contributed by atoms with Crippen molar-refractivity contribution in [3.05, 3.63) is 58.6 Å². The van der Waals surface area contributed by atoms with Gasteiger partial charge in [-0.15, -0.1) is 0 Å². The van der Waals surface area contributed by atoms with E-state index in [-0.39, 0.29) is 16.8 Å². The second-order valence-electron chi connectivity index (χ2n) is 5.84. The van der Waals surface area contributed by atoms with Crippen LogP contribution < -0.4 is 5.32 Å². The Morgan fingerprint density at radius 1 is 1.25 bits per heavy atom. The summed E-state index contributed by atoms with van der Waals surface area (Å²) in [6.07, 6.45) is 2.85. The van der Waals surface area contributed by atoms with Gasteiger partial charge in [-0.25, -0.2) is 4.79 Å². The van der Waals surface area contributed by atoms with Crippen molar-refractivity contribution in [1.82, 2.24) is 5.32 Å². The maximum absolute atomic E-state index is 13.0. The van der Waals surface area contributed by atoms with E-state index >= 15 is 0 Å². The van der Waals surface area contributed by atoms with Crippen molar-refractivity contribution in [3.63, 3.8) is 0 Å². The Morgan fingerprint density at radius 3 is 2.54 bits per heavy atom. The average molecular weight is 398 g/mol. The molecule has 8 heteroatoms. The largest absolute Gasteiger partial charge is 0.467 e. The minimum atomic E-state index is -0.810. The van der Waals surface area contributed by atoms with Gasteiger partial charge >= 0.3 is 11.7 Å². The number of rotatable bonds is 8. The number of nitrogens with one attached hydrogen (secondary N) is 1. The number of nitrogens with zero attached hydrogens (tertiary/aromatic N) is 2. The number of carbonyl (C=O) groups is 3. The predicted molar refractivity (Wildman–Crippen MR) is 108 cm³/mol. The van der Waals surface area contributed by atoms with E-state index in [9.17, 15) is 19.8 Å². The smallest absolute Gasteiger partial charge is 0.396 e. The predicted octanol–water partition coefficient (Wildman–Crippen LogP) is 3.68. The molecule has 0 radical (unpaired) electrons. The Hall–Kier alpha value is -3.18. The number of ether oxygens (including phenoxy) is 1. The van der Waals surface area contributed by atoms with E-state index in [2.05, 4.69) is 10.3 Å². The summed E-state index contributed by atoms with van der Waals surface area (Å²) in [4.78, 5) is 39.8. The SMILES string of the molecule is COC(=O)[C@H](CCSC)NC(=O)c1ccc([N+]#N)c(C=O)c1-c1ccccc1. The van der Waals surface area contributed by atoms with Crippen molar-refractivity contribution in [1.29, 1.82) is 5.39 Å². The van der Waals surface area contributed by atoms with Gasteiger partial charge < -0.3 is 10.1 Å². The molecule has 0 aliphatic carbocycles. The lowest BCUT2D eigenvalue weighted by atomic mass is 9.93. The van der Waals surface area contributed by atoms with Gasteiger partial charge in [-0.3, -0.25) is 9.59 Å². The molecule has 2 aromatic rings. The number of carbonyl (C=O) groups excluding carboxylic acids is 3. The number of methoxy groups -OCH3 is 1. The molecule has 7 nitrogen and oxygen atoms in total. The minimum absolute atomic E-state index is 0.0531. The third kappa shape index (κ3) is 4.75. The first-order valence-corrected chi connectivity index (χ1v) is 9.87. The van der Waals surface area contributed by atoms with Gasteiger partial charge in [-0.2, -0.15) is 11.8 Å². The zero-order valence-corrected chi connectivity index (χ0v) is 16.4. The van der Waals surface area contributed by atoms with Crippen LogP contribution in [0.3, 0.4) is 0 Å². The molecule has 0 saturated carbocycles. The Morgan fingerprint density at radius 2 is 1.96 bits per heavy atom. The number of hydrogen-bond donors (Lipinski definition) is 1. The lowest BCUT2D eigenvalue weighted by molar-refractivity contribution is -0.142. The Kier molecular flexibility index (Phi) is 7.72. The fraction of sp³-hybridized carbons (Fsp3) is 0.250. The van der Waals surface area contributed by atoms with Gasteiger partial charge in [0.25, 0.3) is 5.91 Å².